The predicted octanol–water partition coefficient (Wildman–Crippen LogP) is 4.83. The van der Waals surface area contributed by atoms with Crippen molar-refractivity contribution in [3.05, 3.63) is 82.5 Å². The van der Waals surface area contributed by atoms with Crippen LogP contribution in [-0.2, 0) is 4.74 Å². The van der Waals surface area contributed by atoms with Crippen LogP contribution in [-0.4, -0.2) is 24.0 Å². The average Bonchev–Trinajstić information content (AvgIpc) is 2.70. The zero-order chi connectivity index (χ0) is 20.1. The summed E-state index contributed by atoms with van der Waals surface area (Å²) in [6.45, 7) is 1.93. The molecule has 0 aliphatic heterocycles. The van der Waals surface area contributed by atoms with Crippen molar-refractivity contribution in [2.45, 2.75) is 6.92 Å². The average molecular weight is 396 g/mol. The maximum Gasteiger partial charge on any atom is 0.337 e. The first-order valence-electron chi connectivity index (χ1n) is 8.45. The van der Waals surface area contributed by atoms with Crippen LogP contribution in [0.25, 0.3) is 0 Å². The van der Waals surface area contributed by atoms with Crippen LogP contribution < -0.4 is 10.6 Å². The molecule has 28 heavy (non-hydrogen) atoms. The van der Waals surface area contributed by atoms with E-state index in [9.17, 15) is 9.59 Å². The number of benzene rings is 2. The lowest BCUT2D eigenvalue weighted by atomic mass is 10.1. The number of aryl methyl sites for hydroxylation is 1. The molecule has 1 aromatic heterocycles. The highest BCUT2D eigenvalue weighted by Crippen LogP contribution is 2.27. The van der Waals surface area contributed by atoms with Gasteiger partial charge in [-0.05, 0) is 49.4 Å². The highest BCUT2D eigenvalue weighted by Gasteiger charge is 2.10. The Kier molecular flexibility index (Phi) is 5.91. The van der Waals surface area contributed by atoms with E-state index in [0.717, 1.165) is 5.56 Å². The van der Waals surface area contributed by atoms with E-state index in [-0.39, 0.29) is 5.91 Å². The molecule has 2 aromatic carbocycles. The number of anilines is 3. The van der Waals surface area contributed by atoms with E-state index < -0.39 is 5.97 Å². The van der Waals surface area contributed by atoms with E-state index in [1.807, 2.05) is 25.1 Å². The van der Waals surface area contributed by atoms with Crippen molar-refractivity contribution in [2.24, 2.45) is 0 Å². The molecule has 0 saturated carbocycles. The van der Waals surface area contributed by atoms with E-state index in [2.05, 4.69) is 15.6 Å². The standard InChI is InChI=1S/C21H18ClN3O3/c1-13-4-3-5-14(10-13)20(26)25-19-9-7-16(12-23-19)24-18-11-15(21(27)28-2)6-8-17(18)22/h3-12,24H,1-2H3,(H,23,25,26). The second-order valence-electron chi connectivity index (χ2n) is 6.07. The molecule has 0 atom stereocenters. The van der Waals surface area contributed by atoms with E-state index in [1.54, 1.807) is 42.6 Å². The van der Waals surface area contributed by atoms with Gasteiger partial charge in [0.15, 0.2) is 0 Å². The number of nitrogens with zero attached hydrogens (tertiary/aromatic N) is 1. The Balaban J connectivity index is 1.71. The van der Waals surface area contributed by atoms with Crippen LogP contribution in [0, 0.1) is 6.92 Å². The topological polar surface area (TPSA) is 80.3 Å². The van der Waals surface area contributed by atoms with Gasteiger partial charge in [0.05, 0.1) is 35.3 Å². The Morgan fingerprint density at radius 2 is 1.86 bits per heavy atom. The molecule has 0 aliphatic rings. The Hall–Kier alpha value is -3.38. The second-order valence-corrected chi connectivity index (χ2v) is 6.47. The van der Waals surface area contributed by atoms with Crippen LogP contribution in [0.15, 0.2) is 60.8 Å². The summed E-state index contributed by atoms with van der Waals surface area (Å²) in [7, 11) is 1.32. The van der Waals surface area contributed by atoms with Gasteiger partial charge in [0, 0.05) is 5.56 Å². The van der Waals surface area contributed by atoms with Gasteiger partial charge in [0.25, 0.3) is 5.91 Å². The van der Waals surface area contributed by atoms with Gasteiger partial charge < -0.3 is 15.4 Å². The Morgan fingerprint density at radius 1 is 1.04 bits per heavy atom. The molecule has 0 fully saturated rings. The lowest BCUT2D eigenvalue weighted by Crippen LogP contribution is -2.13. The summed E-state index contributed by atoms with van der Waals surface area (Å²) in [5.74, 6) is -0.260. The summed E-state index contributed by atoms with van der Waals surface area (Å²) in [5.41, 5.74) is 3.14. The van der Waals surface area contributed by atoms with E-state index >= 15 is 0 Å². The molecule has 6 nitrogen and oxygen atoms in total. The SMILES string of the molecule is COC(=O)c1ccc(Cl)c(Nc2ccc(NC(=O)c3cccc(C)c3)nc2)c1. The molecule has 0 unspecified atom stereocenters. The van der Waals surface area contributed by atoms with Crippen LogP contribution in [0.3, 0.4) is 0 Å². The molecule has 0 bridgehead atoms. The monoisotopic (exact) mass is 395 g/mol. The van der Waals surface area contributed by atoms with E-state index in [1.165, 1.54) is 7.11 Å². The molecule has 7 heteroatoms. The van der Waals surface area contributed by atoms with Crippen LogP contribution >= 0.6 is 11.6 Å². The van der Waals surface area contributed by atoms with Crippen molar-refractivity contribution in [1.82, 2.24) is 4.98 Å². The summed E-state index contributed by atoms with van der Waals surface area (Å²) in [6.07, 6.45) is 1.56. The van der Waals surface area contributed by atoms with Gasteiger partial charge in [0.1, 0.15) is 5.82 Å². The molecule has 0 aliphatic carbocycles. The Labute approximate surface area is 167 Å². The lowest BCUT2D eigenvalue weighted by molar-refractivity contribution is 0.0600. The summed E-state index contributed by atoms with van der Waals surface area (Å²) < 4.78 is 4.72. The summed E-state index contributed by atoms with van der Waals surface area (Å²) in [5, 5.41) is 6.30. The molecular weight excluding hydrogens is 378 g/mol. The fourth-order valence-corrected chi connectivity index (χ4v) is 2.70. The number of nitrogens with one attached hydrogen (secondary N) is 2. The first kappa shape index (κ1) is 19.4. The number of esters is 1. The molecular formula is C21H18ClN3O3. The van der Waals surface area contributed by atoms with Gasteiger partial charge in [-0.25, -0.2) is 9.78 Å². The minimum absolute atomic E-state index is 0.231. The molecule has 142 valence electrons. The Morgan fingerprint density at radius 3 is 2.54 bits per heavy atom. The summed E-state index contributed by atoms with van der Waals surface area (Å²) >= 11 is 6.18. The molecule has 0 spiro atoms. The van der Waals surface area contributed by atoms with Gasteiger partial charge in [-0.1, -0.05) is 29.3 Å². The number of ether oxygens (including phenoxy) is 1. The maximum absolute atomic E-state index is 12.3. The molecule has 3 aromatic rings. The second kappa shape index (κ2) is 8.54. The zero-order valence-electron chi connectivity index (χ0n) is 15.3. The minimum atomic E-state index is -0.452. The fourth-order valence-electron chi connectivity index (χ4n) is 2.54. The number of halogens is 1. The number of amides is 1. The maximum atomic E-state index is 12.3. The van der Waals surface area contributed by atoms with Crippen molar-refractivity contribution < 1.29 is 14.3 Å². The fraction of sp³-hybridized carbons (Fsp3) is 0.0952. The quantitative estimate of drug-likeness (QED) is 0.605. The van der Waals surface area contributed by atoms with E-state index in [0.29, 0.717) is 33.3 Å². The molecule has 0 radical (unpaired) electrons. The number of hydrogen-bond donors (Lipinski definition) is 2. The highest BCUT2D eigenvalue weighted by atomic mass is 35.5. The van der Waals surface area contributed by atoms with E-state index in [4.69, 9.17) is 16.3 Å². The normalized spacial score (nSPS) is 10.2. The van der Waals surface area contributed by atoms with Gasteiger partial charge in [-0.15, -0.1) is 0 Å². The van der Waals surface area contributed by atoms with Crippen molar-refractivity contribution >= 4 is 40.7 Å². The van der Waals surface area contributed by atoms with Crippen LogP contribution in [0.4, 0.5) is 17.2 Å². The third-order valence-corrected chi connectivity index (χ3v) is 4.28. The third kappa shape index (κ3) is 4.66. The first-order valence-corrected chi connectivity index (χ1v) is 8.83. The van der Waals surface area contributed by atoms with Gasteiger partial charge in [-0.3, -0.25) is 4.79 Å². The zero-order valence-corrected chi connectivity index (χ0v) is 16.1. The lowest BCUT2D eigenvalue weighted by Gasteiger charge is -2.11. The number of hydrogen-bond acceptors (Lipinski definition) is 5. The minimum Gasteiger partial charge on any atom is -0.465 e. The molecule has 0 saturated heterocycles. The van der Waals surface area contributed by atoms with Gasteiger partial charge >= 0.3 is 5.97 Å². The third-order valence-electron chi connectivity index (χ3n) is 3.95. The number of carbonyl (C=O) groups excluding carboxylic acids is 2. The highest BCUT2D eigenvalue weighted by molar-refractivity contribution is 6.33. The van der Waals surface area contributed by atoms with Gasteiger partial charge in [0.2, 0.25) is 0 Å². The number of methoxy groups -OCH3 is 1. The van der Waals surface area contributed by atoms with Crippen molar-refractivity contribution in [3.63, 3.8) is 0 Å². The summed E-state index contributed by atoms with van der Waals surface area (Å²) in [4.78, 5) is 28.2. The first-order chi connectivity index (χ1) is 13.5. The van der Waals surface area contributed by atoms with Crippen molar-refractivity contribution in [1.29, 1.82) is 0 Å². The molecule has 3 rings (SSSR count). The molecule has 1 heterocycles. The summed E-state index contributed by atoms with van der Waals surface area (Å²) in [6, 6.07) is 15.5. The number of pyridine rings is 1. The van der Waals surface area contributed by atoms with Crippen LogP contribution in [0.5, 0.6) is 0 Å². The number of rotatable bonds is 5. The van der Waals surface area contributed by atoms with Crippen molar-refractivity contribution in [3.8, 4) is 0 Å². The largest absolute Gasteiger partial charge is 0.465 e. The van der Waals surface area contributed by atoms with Crippen molar-refractivity contribution in [2.75, 3.05) is 17.7 Å². The Bertz CT molecular complexity index is 1020. The van der Waals surface area contributed by atoms with Crippen LogP contribution in [0.2, 0.25) is 5.02 Å². The molecule has 1 amide bonds. The van der Waals surface area contributed by atoms with Crippen LogP contribution in [0.1, 0.15) is 26.3 Å². The smallest absolute Gasteiger partial charge is 0.337 e. The predicted molar refractivity (Wildman–Crippen MR) is 109 cm³/mol. The van der Waals surface area contributed by atoms with Gasteiger partial charge in [-0.2, -0.15) is 0 Å². The molecule has 2 N–H and O–H groups in total. The number of aromatic nitrogens is 1. The number of carbonyl (C=O) groups is 2.